The quantitative estimate of drug-likeness (QED) is 0.124. The fourth-order valence-corrected chi connectivity index (χ4v) is 7.77. The highest BCUT2D eigenvalue weighted by Crippen LogP contribution is 2.32. The van der Waals surface area contributed by atoms with Crippen molar-refractivity contribution in [2.24, 2.45) is 11.8 Å². The molecule has 1 aliphatic rings. The van der Waals surface area contributed by atoms with Gasteiger partial charge >= 0.3 is 17.9 Å². The molecule has 12 nitrogen and oxygen atoms in total. The predicted molar refractivity (Wildman–Crippen MR) is 204 cm³/mol. The van der Waals surface area contributed by atoms with Crippen LogP contribution in [0.1, 0.15) is 86.6 Å². The van der Waals surface area contributed by atoms with E-state index in [2.05, 4.69) is 10.6 Å². The number of rotatable bonds is 16. The predicted octanol–water partition coefficient (Wildman–Crippen LogP) is 5.62. The van der Waals surface area contributed by atoms with Crippen LogP contribution in [0.25, 0.3) is 0 Å². The lowest BCUT2D eigenvalue weighted by Crippen LogP contribution is -2.70. The van der Waals surface area contributed by atoms with Gasteiger partial charge in [0.1, 0.15) is 18.1 Å². The number of sulfonamides is 1. The highest BCUT2D eigenvalue weighted by atomic mass is 32.2. The Bertz CT molecular complexity index is 2030. The lowest BCUT2D eigenvalue weighted by molar-refractivity contribution is -0.786. The van der Waals surface area contributed by atoms with Crippen molar-refractivity contribution in [3.05, 3.63) is 102 Å². The van der Waals surface area contributed by atoms with Gasteiger partial charge < -0.3 is 5.32 Å². The average Bonchev–Trinajstić information content (AvgIpc) is 3.57. The number of benzene rings is 3. The number of ketones is 2. The summed E-state index contributed by atoms with van der Waals surface area (Å²) in [4.78, 5) is 80.8. The second kappa shape index (κ2) is 18.2. The Morgan fingerprint density at radius 1 is 0.768 bits per heavy atom. The largest absolute Gasteiger partial charge is 0.424 e. The third-order valence-corrected chi connectivity index (χ3v) is 11.5. The van der Waals surface area contributed by atoms with Crippen LogP contribution in [-0.2, 0) is 30.8 Å². The number of nitrogens with one attached hydrogen (secondary N) is 3. The number of alkyl halides is 2. The summed E-state index contributed by atoms with van der Waals surface area (Å²) in [5.41, 5.74) is 0.823. The molecule has 1 aliphatic heterocycles. The lowest BCUT2D eigenvalue weighted by Gasteiger charge is -2.38. The summed E-state index contributed by atoms with van der Waals surface area (Å²) in [5, 5.41) is 5.09. The minimum absolute atomic E-state index is 0.0194. The molecule has 0 aliphatic carbocycles. The number of Topliss-reactive ketones (excluding diaryl/α,β-unsaturated/α-hetero) is 2. The van der Waals surface area contributed by atoms with Crippen LogP contribution in [0.2, 0.25) is 0 Å². The van der Waals surface area contributed by atoms with E-state index in [0.29, 0.717) is 19.3 Å². The summed E-state index contributed by atoms with van der Waals surface area (Å²) < 4.78 is 57.2. The number of quaternary nitrogens is 1. The molecule has 0 aromatic heterocycles. The lowest BCUT2D eigenvalue weighted by atomic mass is 9.92. The number of amides is 5. The molecule has 4 atom stereocenters. The van der Waals surface area contributed by atoms with Crippen molar-refractivity contribution in [1.29, 1.82) is 0 Å². The van der Waals surface area contributed by atoms with Gasteiger partial charge in [0.05, 0.1) is 11.4 Å². The van der Waals surface area contributed by atoms with Crippen molar-refractivity contribution in [2.45, 2.75) is 95.7 Å². The topological polar surface area (TPSA) is 173 Å². The summed E-state index contributed by atoms with van der Waals surface area (Å²) in [7, 11) is -4.16. The number of hydrogen-bond acceptors (Lipinski definition) is 8. The van der Waals surface area contributed by atoms with Crippen molar-refractivity contribution in [3.63, 3.8) is 0 Å². The van der Waals surface area contributed by atoms with Gasteiger partial charge in [-0.05, 0) is 73.6 Å². The highest BCUT2D eigenvalue weighted by molar-refractivity contribution is 7.90. The van der Waals surface area contributed by atoms with Crippen LogP contribution in [0.5, 0.6) is 0 Å². The van der Waals surface area contributed by atoms with E-state index >= 15 is 8.78 Å². The number of carbonyl (C=O) groups is 6. The maximum absolute atomic E-state index is 15.4. The summed E-state index contributed by atoms with van der Waals surface area (Å²) in [6, 6.07) is 16.6. The first-order valence-corrected chi connectivity index (χ1v) is 20.1. The molecule has 0 saturated carbocycles. The van der Waals surface area contributed by atoms with Crippen LogP contribution in [0.4, 0.5) is 13.6 Å². The minimum Gasteiger partial charge on any atom is -0.336 e. The van der Waals surface area contributed by atoms with E-state index in [1.165, 1.54) is 62.4 Å². The van der Waals surface area contributed by atoms with E-state index in [-0.39, 0.29) is 29.0 Å². The molecule has 1 heterocycles. The monoisotopic (exact) mass is 795 g/mol. The van der Waals surface area contributed by atoms with Crippen molar-refractivity contribution in [3.8, 4) is 0 Å². The summed E-state index contributed by atoms with van der Waals surface area (Å²) in [5.74, 6) is -11.5. The van der Waals surface area contributed by atoms with Gasteiger partial charge in [-0.15, -0.1) is 0 Å². The summed E-state index contributed by atoms with van der Waals surface area (Å²) in [6.45, 7) is 7.85. The Labute approximate surface area is 326 Å². The molecule has 1 saturated heterocycles. The first-order chi connectivity index (χ1) is 26.3. The molecule has 3 aromatic rings. The van der Waals surface area contributed by atoms with Crippen LogP contribution in [0, 0.1) is 11.8 Å². The molecule has 2 unspecified atom stereocenters. The van der Waals surface area contributed by atoms with Gasteiger partial charge in [-0.2, -0.15) is 13.3 Å². The molecule has 15 heteroatoms. The van der Waals surface area contributed by atoms with Gasteiger partial charge in [0.15, 0.2) is 0 Å². The highest BCUT2D eigenvalue weighted by Gasteiger charge is 2.58. The van der Waals surface area contributed by atoms with Crippen molar-refractivity contribution in [1.82, 2.24) is 15.4 Å². The smallest absolute Gasteiger partial charge is 0.336 e. The summed E-state index contributed by atoms with van der Waals surface area (Å²) in [6.07, 6.45) is 0.733. The van der Waals surface area contributed by atoms with Gasteiger partial charge in [-0.1, -0.05) is 76.2 Å². The van der Waals surface area contributed by atoms with Crippen LogP contribution in [-0.4, -0.2) is 78.8 Å². The van der Waals surface area contributed by atoms with E-state index in [9.17, 15) is 37.2 Å². The second-order valence-electron chi connectivity index (χ2n) is 14.8. The number of hydrogen-bond donors (Lipinski definition) is 3. The molecule has 56 heavy (non-hydrogen) atoms. The molecule has 0 radical (unpaired) electrons. The maximum Gasteiger partial charge on any atom is 0.424 e. The van der Waals surface area contributed by atoms with Crippen LogP contribution < -0.4 is 15.4 Å². The first-order valence-electron chi connectivity index (χ1n) is 18.6. The molecule has 5 amide bonds. The fraction of sp³-hybridized carbons (Fsp3) is 0.415. The molecular formula is C41H49F2N4O8S+. The van der Waals surface area contributed by atoms with E-state index in [1.54, 1.807) is 57.2 Å². The zero-order chi connectivity index (χ0) is 41.4. The SMILES string of the molecule is CC(C)C(NC(=O)[N+]1(C(=O)[C@@H](NC(=O)c2ccc(C(=O)NS(=O)(=O)c3ccccc3)cc2)C(C)C)CCC[C@H]1C)C(=O)C(F)(F)C(=O)CCCc1ccccc1. The van der Waals surface area contributed by atoms with Crippen molar-refractivity contribution in [2.75, 3.05) is 6.54 Å². The van der Waals surface area contributed by atoms with E-state index in [4.69, 9.17) is 0 Å². The normalized spacial score (nSPS) is 18.2. The number of carbonyl (C=O) groups excluding carboxylic acids is 6. The number of urea groups is 1. The Kier molecular flexibility index (Phi) is 14.2. The Morgan fingerprint density at radius 2 is 1.30 bits per heavy atom. The maximum atomic E-state index is 15.4. The van der Waals surface area contributed by atoms with E-state index in [1.807, 2.05) is 4.72 Å². The molecular weight excluding hydrogens is 747 g/mol. The van der Waals surface area contributed by atoms with Crippen molar-refractivity contribution < 1.29 is 50.4 Å². The zero-order valence-electron chi connectivity index (χ0n) is 32.1. The number of nitrogens with zero attached hydrogens (tertiary/aromatic N) is 1. The molecule has 3 aromatic carbocycles. The molecule has 300 valence electrons. The molecule has 0 bridgehead atoms. The molecule has 1 fully saturated rings. The third-order valence-electron chi connectivity index (χ3n) is 10.1. The van der Waals surface area contributed by atoms with Crippen LogP contribution in [0.15, 0.2) is 89.8 Å². The standard InChI is InChI=1S/C41H48F2N4O8S/c1-26(2)34(36(49)41(42,43)33(48)20-12-17-29-15-8-6-9-16-29)45-40(53)47(25-13-14-28(47)5)39(52)35(27(3)4)44-37(50)30-21-23-31(24-22-30)38(51)46-56(54,55)32-18-10-7-11-19-32/h6-11,15-16,18-19,21-24,26-28,34-35H,12-14,17,20,25H2,1-5H3,(H2-,44,45,46,50,51,53)/p+1/t28-,34?,35+,47?/m1/s1. The van der Waals surface area contributed by atoms with Crippen LogP contribution >= 0.6 is 0 Å². The second-order valence-corrected chi connectivity index (χ2v) is 16.5. The Balaban J connectivity index is 1.49. The van der Waals surface area contributed by atoms with Gasteiger partial charge in [-0.3, -0.25) is 24.5 Å². The first kappa shape index (κ1) is 43.6. The number of halogens is 2. The third kappa shape index (κ3) is 9.80. The zero-order valence-corrected chi connectivity index (χ0v) is 32.9. The number of likely N-dealkylation sites (tertiary alicyclic amines) is 1. The van der Waals surface area contributed by atoms with Crippen LogP contribution in [0.3, 0.4) is 0 Å². The average molecular weight is 796 g/mol. The Morgan fingerprint density at radius 3 is 1.82 bits per heavy atom. The summed E-state index contributed by atoms with van der Waals surface area (Å²) >= 11 is 0. The molecule has 0 spiro atoms. The van der Waals surface area contributed by atoms with E-state index < -0.39 is 92.1 Å². The number of imide groups is 1. The fourth-order valence-electron chi connectivity index (χ4n) is 6.78. The van der Waals surface area contributed by atoms with Gasteiger partial charge in [-0.25, -0.2) is 22.7 Å². The van der Waals surface area contributed by atoms with Gasteiger partial charge in [0.2, 0.25) is 11.6 Å². The van der Waals surface area contributed by atoms with Crippen molar-refractivity contribution >= 4 is 45.3 Å². The molecule has 3 N–H and O–H groups in total. The number of aryl methyl sites for hydroxylation is 1. The molecule has 4 rings (SSSR count). The van der Waals surface area contributed by atoms with E-state index in [0.717, 1.165) is 5.56 Å². The minimum atomic E-state index is -4.38. The van der Waals surface area contributed by atoms with Gasteiger partial charge in [0, 0.05) is 30.4 Å². The Hall–Kier alpha value is -5.15. The van der Waals surface area contributed by atoms with Gasteiger partial charge in [0.25, 0.3) is 21.8 Å².